The van der Waals surface area contributed by atoms with Gasteiger partial charge in [-0.15, -0.1) is 24.0 Å². The Labute approximate surface area is 199 Å². The van der Waals surface area contributed by atoms with Crippen LogP contribution < -0.4 is 15.4 Å². The minimum Gasteiger partial charge on any atom is -0.493 e. The van der Waals surface area contributed by atoms with Gasteiger partial charge in [-0.25, -0.2) is 0 Å². The van der Waals surface area contributed by atoms with Gasteiger partial charge in [-0.05, 0) is 49.8 Å². The first-order valence-corrected chi connectivity index (χ1v) is 11.1. The lowest BCUT2D eigenvalue weighted by molar-refractivity contribution is 0.0893. The number of aliphatic imine (C=N–C) groups is 1. The van der Waals surface area contributed by atoms with Crippen LogP contribution in [0, 0.1) is 11.8 Å². The normalized spacial score (nSPS) is 16.4. The monoisotopic (exact) mass is 533 g/mol. The van der Waals surface area contributed by atoms with Crippen LogP contribution in [-0.2, 0) is 15.9 Å². The lowest BCUT2D eigenvalue weighted by Crippen LogP contribution is -2.38. The maximum atomic E-state index is 5.74. The first kappa shape index (κ1) is 27.0. The molecule has 0 radical (unpaired) electrons. The Morgan fingerprint density at radius 2 is 2.03 bits per heavy atom. The van der Waals surface area contributed by atoms with Gasteiger partial charge >= 0.3 is 0 Å². The Balaban J connectivity index is 0.00000450. The summed E-state index contributed by atoms with van der Waals surface area (Å²) in [5, 5.41) is 6.71. The SMILES string of the molecule is CCNC(=NCCCOCC1CCOC1)NCCc1ccc(OCC(C)C)cc1.I. The fourth-order valence-electron chi connectivity index (χ4n) is 3.00. The van der Waals surface area contributed by atoms with Gasteiger partial charge in [0.05, 0.1) is 19.8 Å². The maximum Gasteiger partial charge on any atom is 0.191 e. The van der Waals surface area contributed by atoms with E-state index in [0.29, 0.717) is 11.8 Å². The minimum absolute atomic E-state index is 0. The molecule has 1 aromatic rings. The quantitative estimate of drug-likeness (QED) is 0.175. The summed E-state index contributed by atoms with van der Waals surface area (Å²) in [5.74, 6) is 2.92. The molecule has 1 aliphatic rings. The van der Waals surface area contributed by atoms with Gasteiger partial charge in [-0.3, -0.25) is 4.99 Å². The summed E-state index contributed by atoms with van der Waals surface area (Å²) < 4.78 is 16.8. The summed E-state index contributed by atoms with van der Waals surface area (Å²) in [6, 6.07) is 8.37. The largest absolute Gasteiger partial charge is 0.493 e. The molecule has 0 saturated carbocycles. The number of hydrogen-bond acceptors (Lipinski definition) is 4. The molecule has 2 rings (SSSR count). The number of benzene rings is 1. The third-order valence-corrected chi connectivity index (χ3v) is 4.65. The van der Waals surface area contributed by atoms with Crippen LogP contribution in [0.3, 0.4) is 0 Å². The van der Waals surface area contributed by atoms with Crippen LogP contribution in [0.25, 0.3) is 0 Å². The highest BCUT2D eigenvalue weighted by atomic mass is 127. The van der Waals surface area contributed by atoms with E-state index in [4.69, 9.17) is 14.2 Å². The van der Waals surface area contributed by atoms with Crippen molar-refractivity contribution in [2.45, 2.75) is 40.0 Å². The van der Waals surface area contributed by atoms with E-state index in [-0.39, 0.29) is 24.0 Å². The van der Waals surface area contributed by atoms with E-state index in [1.54, 1.807) is 0 Å². The lowest BCUT2D eigenvalue weighted by atomic mass is 10.1. The molecule has 0 aliphatic carbocycles. The second kappa shape index (κ2) is 16.6. The Bertz CT molecular complexity index is 576. The van der Waals surface area contributed by atoms with Crippen LogP contribution in [-0.4, -0.2) is 58.6 Å². The van der Waals surface area contributed by atoms with Crippen molar-refractivity contribution in [2.24, 2.45) is 16.8 Å². The van der Waals surface area contributed by atoms with Crippen molar-refractivity contribution in [3.63, 3.8) is 0 Å². The van der Waals surface area contributed by atoms with Crippen molar-refractivity contribution in [3.05, 3.63) is 29.8 Å². The number of rotatable bonds is 13. The molecule has 1 aliphatic heterocycles. The predicted octanol–water partition coefficient (Wildman–Crippen LogP) is 3.88. The second-order valence-corrected chi connectivity index (χ2v) is 7.94. The second-order valence-electron chi connectivity index (χ2n) is 7.94. The van der Waals surface area contributed by atoms with Crippen LogP contribution in [0.1, 0.15) is 39.2 Å². The smallest absolute Gasteiger partial charge is 0.191 e. The number of nitrogens with one attached hydrogen (secondary N) is 2. The number of halogens is 1. The van der Waals surface area contributed by atoms with Crippen LogP contribution in [0.5, 0.6) is 5.75 Å². The molecule has 30 heavy (non-hydrogen) atoms. The van der Waals surface area contributed by atoms with Crippen molar-refractivity contribution in [2.75, 3.05) is 52.7 Å². The first-order valence-electron chi connectivity index (χ1n) is 11.1. The van der Waals surface area contributed by atoms with E-state index in [0.717, 1.165) is 83.6 Å². The fraction of sp³-hybridized carbons (Fsp3) is 0.696. The summed E-state index contributed by atoms with van der Waals surface area (Å²) in [6.45, 7) is 12.9. The van der Waals surface area contributed by atoms with Crippen molar-refractivity contribution < 1.29 is 14.2 Å². The summed E-state index contributed by atoms with van der Waals surface area (Å²) in [5.41, 5.74) is 1.29. The zero-order valence-electron chi connectivity index (χ0n) is 18.8. The predicted molar refractivity (Wildman–Crippen MR) is 134 cm³/mol. The summed E-state index contributed by atoms with van der Waals surface area (Å²) in [4.78, 5) is 4.64. The molecular weight excluding hydrogens is 493 g/mol. The first-order chi connectivity index (χ1) is 14.2. The Hall–Kier alpha value is -1.06. The summed E-state index contributed by atoms with van der Waals surface area (Å²) in [7, 11) is 0. The third kappa shape index (κ3) is 12.0. The van der Waals surface area contributed by atoms with E-state index in [1.807, 2.05) is 0 Å². The Kier molecular flexibility index (Phi) is 14.9. The average Bonchev–Trinajstić information content (AvgIpc) is 3.23. The zero-order chi connectivity index (χ0) is 20.7. The highest BCUT2D eigenvalue weighted by Gasteiger charge is 2.15. The Morgan fingerprint density at radius 1 is 1.23 bits per heavy atom. The highest BCUT2D eigenvalue weighted by molar-refractivity contribution is 14.0. The van der Waals surface area contributed by atoms with Gasteiger partial charge in [0.1, 0.15) is 5.75 Å². The van der Waals surface area contributed by atoms with Crippen LogP contribution in [0.2, 0.25) is 0 Å². The van der Waals surface area contributed by atoms with Gasteiger partial charge < -0.3 is 24.8 Å². The molecule has 1 fully saturated rings. The number of ether oxygens (including phenoxy) is 3. The molecule has 7 heteroatoms. The van der Waals surface area contributed by atoms with Crippen LogP contribution >= 0.6 is 24.0 Å². The molecule has 6 nitrogen and oxygen atoms in total. The van der Waals surface area contributed by atoms with Crippen molar-refractivity contribution in [1.29, 1.82) is 0 Å². The van der Waals surface area contributed by atoms with E-state index in [9.17, 15) is 0 Å². The average molecular weight is 533 g/mol. The van der Waals surface area contributed by atoms with Gasteiger partial charge in [0.25, 0.3) is 0 Å². The molecule has 172 valence electrons. The summed E-state index contributed by atoms with van der Waals surface area (Å²) >= 11 is 0. The van der Waals surface area contributed by atoms with Gasteiger partial charge in [-0.2, -0.15) is 0 Å². The molecule has 1 aromatic carbocycles. The van der Waals surface area contributed by atoms with E-state index < -0.39 is 0 Å². The van der Waals surface area contributed by atoms with Crippen LogP contribution in [0.4, 0.5) is 0 Å². The van der Waals surface area contributed by atoms with Gasteiger partial charge in [0.2, 0.25) is 0 Å². The maximum absolute atomic E-state index is 5.74. The molecule has 1 saturated heterocycles. The van der Waals surface area contributed by atoms with E-state index in [1.165, 1.54) is 5.56 Å². The molecule has 1 unspecified atom stereocenters. The van der Waals surface area contributed by atoms with Gasteiger partial charge in [0.15, 0.2) is 5.96 Å². The third-order valence-electron chi connectivity index (χ3n) is 4.65. The van der Waals surface area contributed by atoms with Crippen molar-refractivity contribution in [1.82, 2.24) is 10.6 Å². The molecular formula is C23H40IN3O3. The van der Waals surface area contributed by atoms with Crippen molar-refractivity contribution in [3.8, 4) is 5.75 Å². The topological polar surface area (TPSA) is 64.1 Å². The Morgan fingerprint density at radius 3 is 2.70 bits per heavy atom. The zero-order valence-corrected chi connectivity index (χ0v) is 21.2. The van der Waals surface area contributed by atoms with Gasteiger partial charge in [-0.1, -0.05) is 26.0 Å². The fourth-order valence-corrected chi connectivity index (χ4v) is 3.00. The van der Waals surface area contributed by atoms with Crippen LogP contribution in [0.15, 0.2) is 29.3 Å². The number of hydrogen-bond donors (Lipinski definition) is 2. The molecule has 1 heterocycles. The van der Waals surface area contributed by atoms with Crippen molar-refractivity contribution >= 4 is 29.9 Å². The minimum atomic E-state index is 0. The van der Waals surface area contributed by atoms with E-state index in [2.05, 4.69) is 60.7 Å². The molecule has 0 aromatic heterocycles. The summed E-state index contributed by atoms with van der Waals surface area (Å²) in [6.07, 6.45) is 3.00. The molecule has 2 N–H and O–H groups in total. The molecule has 1 atom stereocenters. The highest BCUT2D eigenvalue weighted by Crippen LogP contribution is 2.14. The van der Waals surface area contributed by atoms with Gasteiger partial charge in [0, 0.05) is 38.8 Å². The molecule has 0 amide bonds. The number of nitrogens with zero attached hydrogens (tertiary/aromatic N) is 1. The molecule has 0 spiro atoms. The lowest BCUT2D eigenvalue weighted by Gasteiger charge is -2.12. The van der Waals surface area contributed by atoms with E-state index >= 15 is 0 Å². The number of guanidine groups is 1. The standard InChI is InChI=1S/C23H39N3O3.HI/c1-4-24-23(25-12-5-14-27-17-21-11-15-28-18-21)26-13-10-20-6-8-22(9-7-20)29-16-19(2)3;/h6-9,19,21H,4-5,10-18H2,1-3H3,(H2,24,25,26);1H. The molecule has 0 bridgehead atoms.